The summed E-state index contributed by atoms with van der Waals surface area (Å²) < 4.78 is 0. The van der Waals surface area contributed by atoms with Crippen LogP contribution >= 0.6 is 0 Å². The van der Waals surface area contributed by atoms with E-state index in [9.17, 15) is 9.59 Å². The summed E-state index contributed by atoms with van der Waals surface area (Å²) in [5.41, 5.74) is 3.39. The highest BCUT2D eigenvalue weighted by Gasteiger charge is 2.28. The zero-order valence-electron chi connectivity index (χ0n) is 19.7. The molecule has 0 spiro atoms. The van der Waals surface area contributed by atoms with E-state index in [0.29, 0.717) is 19.4 Å². The van der Waals surface area contributed by atoms with Gasteiger partial charge in [0.15, 0.2) is 0 Å². The van der Waals surface area contributed by atoms with E-state index in [2.05, 4.69) is 48.6 Å². The standard InChI is InChI=1S/C29H34N2O2/c1-21-14-16-23(17-15-21)20-31(22(2)29(33)30-26-11-4-5-12-26)28(32)19-18-25-10-7-9-24-8-3-6-13-27(24)25/h3,6-10,13-17,22,26H,4-5,11-12,18-20H2,1-2H3,(H,30,33)/t22-/m1/s1. The highest BCUT2D eigenvalue weighted by atomic mass is 16.2. The Balaban J connectivity index is 1.50. The van der Waals surface area contributed by atoms with Crippen LogP contribution in [0.5, 0.6) is 0 Å². The number of fused-ring (bicyclic) bond motifs is 1. The number of benzene rings is 3. The molecule has 1 aliphatic rings. The number of hydrogen-bond donors (Lipinski definition) is 1. The summed E-state index contributed by atoms with van der Waals surface area (Å²) in [6.45, 7) is 4.34. The molecule has 0 aliphatic heterocycles. The molecule has 3 aromatic rings. The lowest BCUT2D eigenvalue weighted by molar-refractivity contribution is -0.140. The van der Waals surface area contributed by atoms with Crippen molar-refractivity contribution in [1.82, 2.24) is 10.2 Å². The van der Waals surface area contributed by atoms with E-state index in [4.69, 9.17) is 0 Å². The molecule has 2 amide bonds. The summed E-state index contributed by atoms with van der Waals surface area (Å²) in [5, 5.41) is 5.54. The maximum Gasteiger partial charge on any atom is 0.242 e. The van der Waals surface area contributed by atoms with Crippen LogP contribution in [0.1, 0.15) is 55.7 Å². The summed E-state index contributed by atoms with van der Waals surface area (Å²) in [5.74, 6) is -0.0369. The van der Waals surface area contributed by atoms with Crippen LogP contribution in [0.3, 0.4) is 0 Å². The fourth-order valence-electron chi connectivity index (χ4n) is 4.76. The number of nitrogens with one attached hydrogen (secondary N) is 1. The van der Waals surface area contributed by atoms with E-state index in [0.717, 1.165) is 31.2 Å². The number of rotatable bonds is 8. The second kappa shape index (κ2) is 10.7. The lowest BCUT2D eigenvalue weighted by Gasteiger charge is -2.30. The van der Waals surface area contributed by atoms with Crippen molar-refractivity contribution in [3.8, 4) is 0 Å². The average molecular weight is 443 g/mol. The van der Waals surface area contributed by atoms with E-state index in [1.54, 1.807) is 4.90 Å². The quantitative estimate of drug-likeness (QED) is 0.497. The predicted octanol–water partition coefficient (Wildman–Crippen LogP) is 5.56. The summed E-state index contributed by atoms with van der Waals surface area (Å²) in [4.78, 5) is 28.2. The van der Waals surface area contributed by atoms with Crippen LogP contribution in [0.15, 0.2) is 66.7 Å². The SMILES string of the molecule is Cc1ccc(CN(C(=O)CCc2cccc3ccccc23)[C@H](C)C(=O)NC2CCCC2)cc1. The third-order valence-electron chi connectivity index (χ3n) is 6.83. The predicted molar refractivity (Wildman–Crippen MR) is 134 cm³/mol. The lowest BCUT2D eigenvalue weighted by Crippen LogP contribution is -2.49. The van der Waals surface area contributed by atoms with Gasteiger partial charge < -0.3 is 10.2 Å². The largest absolute Gasteiger partial charge is 0.352 e. The number of carbonyl (C=O) groups excluding carboxylic acids is 2. The molecule has 0 unspecified atom stereocenters. The monoisotopic (exact) mass is 442 g/mol. The van der Waals surface area contributed by atoms with Gasteiger partial charge in [0.25, 0.3) is 0 Å². The molecule has 1 fully saturated rings. The van der Waals surface area contributed by atoms with Crippen molar-refractivity contribution >= 4 is 22.6 Å². The van der Waals surface area contributed by atoms with Crippen molar-refractivity contribution in [2.75, 3.05) is 0 Å². The van der Waals surface area contributed by atoms with E-state index < -0.39 is 6.04 Å². The first-order valence-electron chi connectivity index (χ1n) is 12.1. The Hall–Kier alpha value is -3.14. The van der Waals surface area contributed by atoms with Crippen LogP contribution in [-0.4, -0.2) is 28.8 Å². The second-order valence-electron chi connectivity index (χ2n) is 9.31. The van der Waals surface area contributed by atoms with E-state index in [1.807, 2.05) is 37.3 Å². The highest BCUT2D eigenvalue weighted by molar-refractivity contribution is 5.89. The first-order valence-corrected chi connectivity index (χ1v) is 12.1. The van der Waals surface area contributed by atoms with Gasteiger partial charge in [0.05, 0.1) is 0 Å². The smallest absolute Gasteiger partial charge is 0.242 e. The minimum atomic E-state index is -0.507. The van der Waals surface area contributed by atoms with Gasteiger partial charge in [-0.25, -0.2) is 0 Å². The Morgan fingerprint density at radius 3 is 2.42 bits per heavy atom. The molecule has 0 aromatic heterocycles. The molecule has 1 aliphatic carbocycles. The normalized spacial score (nSPS) is 14.8. The molecule has 4 rings (SSSR count). The summed E-state index contributed by atoms with van der Waals surface area (Å²) in [6.07, 6.45) is 5.42. The minimum absolute atomic E-state index is 0.0116. The van der Waals surface area contributed by atoms with Gasteiger partial charge in [-0.3, -0.25) is 9.59 Å². The molecule has 3 aromatic carbocycles. The minimum Gasteiger partial charge on any atom is -0.352 e. The van der Waals surface area contributed by atoms with E-state index in [-0.39, 0.29) is 17.9 Å². The molecule has 0 radical (unpaired) electrons. The number of carbonyl (C=O) groups is 2. The zero-order valence-corrected chi connectivity index (χ0v) is 19.7. The maximum atomic E-state index is 13.5. The van der Waals surface area contributed by atoms with E-state index >= 15 is 0 Å². The Labute approximate surface area is 197 Å². The average Bonchev–Trinajstić information content (AvgIpc) is 3.34. The van der Waals surface area contributed by atoms with Gasteiger partial charge in [-0.05, 0) is 55.0 Å². The topological polar surface area (TPSA) is 49.4 Å². The Morgan fingerprint density at radius 1 is 0.970 bits per heavy atom. The molecule has 1 N–H and O–H groups in total. The van der Waals surface area contributed by atoms with Crippen LogP contribution in [0, 0.1) is 6.92 Å². The molecule has 4 nitrogen and oxygen atoms in total. The molecule has 33 heavy (non-hydrogen) atoms. The molecule has 0 bridgehead atoms. The van der Waals surface area contributed by atoms with Crippen LogP contribution in [0.25, 0.3) is 10.8 Å². The molecule has 0 heterocycles. The molecular weight excluding hydrogens is 408 g/mol. The fourth-order valence-corrected chi connectivity index (χ4v) is 4.76. The third-order valence-corrected chi connectivity index (χ3v) is 6.83. The molecule has 172 valence electrons. The highest BCUT2D eigenvalue weighted by Crippen LogP contribution is 2.22. The zero-order chi connectivity index (χ0) is 23.2. The summed E-state index contributed by atoms with van der Waals surface area (Å²) >= 11 is 0. The molecule has 1 atom stereocenters. The first kappa shape index (κ1) is 23.0. The third kappa shape index (κ3) is 5.81. The molecular formula is C29H34N2O2. The van der Waals surface area contributed by atoms with Crippen LogP contribution in [0.2, 0.25) is 0 Å². The van der Waals surface area contributed by atoms with Crippen molar-refractivity contribution in [2.45, 2.75) is 71.0 Å². The Bertz CT molecular complexity index is 1090. The number of hydrogen-bond acceptors (Lipinski definition) is 2. The number of amides is 2. The summed E-state index contributed by atoms with van der Waals surface area (Å²) in [7, 11) is 0. The molecule has 1 saturated carbocycles. The van der Waals surface area contributed by atoms with Gasteiger partial charge in [-0.1, -0.05) is 85.1 Å². The molecule has 0 saturated heterocycles. The van der Waals surface area contributed by atoms with Gasteiger partial charge in [-0.15, -0.1) is 0 Å². The van der Waals surface area contributed by atoms with Crippen LogP contribution in [0.4, 0.5) is 0 Å². The van der Waals surface area contributed by atoms with Crippen molar-refractivity contribution < 1.29 is 9.59 Å². The van der Waals surface area contributed by atoms with Gasteiger partial charge in [-0.2, -0.15) is 0 Å². The van der Waals surface area contributed by atoms with Gasteiger partial charge in [0.2, 0.25) is 11.8 Å². The van der Waals surface area contributed by atoms with Gasteiger partial charge >= 0.3 is 0 Å². The second-order valence-corrected chi connectivity index (χ2v) is 9.31. The molecule has 4 heteroatoms. The lowest BCUT2D eigenvalue weighted by atomic mass is 10.0. The van der Waals surface area contributed by atoms with E-state index in [1.165, 1.54) is 21.9 Å². The number of aryl methyl sites for hydroxylation is 2. The van der Waals surface area contributed by atoms with Crippen LogP contribution in [-0.2, 0) is 22.6 Å². The maximum absolute atomic E-state index is 13.5. The fraction of sp³-hybridized carbons (Fsp3) is 0.379. The first-order chi connectivity index (χ1) is 16.0. The van der Waals surface area contributed by atoms with Crippen molar-refractivity contribution in [3.05, 3.63) is 83.4 Å². The van der Waals surface area contributed by atoms with Crippen molar-refractivity contribution in [1.29, 1.82) is 0 Å². The van der Waals surface area contributed by atoms with Crippen molar-refractivity contribution in [3.63, 3.8) is 0 Å². The van der Waals surface area contributed by atoms with Gasteiger partial charge in [0.1, 0.15) is 6.04 Å². The summed E-state index contributed by atoms with van der Waals surface area (Å²) in [6, 6.07) is 22.4. The van der Waals surface area contributed by atoms with Crippen LogP contribution < -0.4 is 5.32 Å². The Kier molecular flexibility index (Phi) is 7.43. The van der Waals surface area contributed by atoms with Crippen molar-refractivity contribution in [2.24, 2.45) is 0 Å². The Morgan fingerprint density at radius 2 is 1.67 bits per heavy atom. The van der Waals surface area contributed by atoms with Gasteiger partial charge in [0, 0.05) is 19.0 Å². The number of nitrogens with zero attached hydrogens (tertiary/aromatic N) is 1.